The minimum Gasteiger partial charge on any atom is -0.481 e. The Hall–Kier alpha value is -8.34. The number of hydrogen-bond acceptors (Lipinski definition) is 19. The number of hydrazine groups is 1. The lowest BCUT2D eigenvalue weighted by Gasteiger charge is -2.26. The molecule has 6 aromatic carbocycles. The zero-order valence-electron chi connectivity index (χ0n) is 50.3. The van der Waals surface area contributed by atoms with Gasteiger partial charge in [-0.2, -0.15) is 14.2 Å². The molecule has 0 unspecified atom stereocenters. The standard InChI is InChI=1S/2C29H26N2O4S.C4H13N3O3.C4H11NO3.CH4/c2*1-18-25(30-28(34)35-19(2)20-6-4-3-5-7-20)26(36-31-18)23-10-8-21(9-11-23)22-12-14-24(15-13-22)29(16-17-29)27(32)33;5-7-6-4(1-8,2-9)3-10;5-4(1-6,2-7)3-8;/h2*3-15,19H,16-17H2,1-2H3,(H,30,34)(H,32,33);6-10H,1-3,5H2;6-8H,1-3,5H2;1H4/p+1/t2*19-;;;/m11.../s1. The number of aromatic nitrogens is 2. The van der Waals surface area contributed by atoms with Crippen molar-refractivity contribution in [2.75, 3.05) is 50.3 Å². The lowest BCUT2D eigenvalue weighted by atomic mass is 9.93. The molecule has 17 N–H and O–H groups in total. The summed E-state index contributed by atoms with van der Waals surface area (Å²) in [6.45, 7) is 5.11. The Kier molecular flexibility index (Phi) is 25.7. The number of carbonyl (C=O) groups is 4. The van der Waals surface area contributed by atoms with E-state index in [1.165, 1.54) is 23.1 Å². The molecule has 10 rings (SSSR count). The number of quaternary nitrogens is 1. The van der Waals surface area contributed by atoms with E-state index in [0.717, 1.165) is 76.8 Å². The smallest absolute Gasteiger partial charge is 0.412 e. The Morgan fingerprint density at radius 3 is 1.05 bits per heavy atom. The molecule has 0 spiro atoms. The van der Waals surface area contributed by atoms with E-state index in [0.29, 0.717) is 37.1 Å². The molecule has 0 radical (unpaired) electrons. The summed E-state index contributed by atoms with van der Waals surface area (Å²) in [6, 6.07) is 50.8. The fraction of sp³-hybridized carbons (Fsp3) is 0.313. The van der Waals surface area contributed by atoms with E-state index in [4.69, 9.17) is 45.8 Å². The van der Waals surface area contributed by atoms with Crippen molar-refractivity contribution in [2.24, 2.45) is 5.73 Å². The molecule has 2 atom stereocenters. The van der Waals surface area contributed by atoms with Crippen molar-refractivity contribution in [3.05, 3.63) is 191 Å². The van der Waals surface area contributed by atoms with Gasteiger partial charge in [0.25, 0.3) is 0 Å². The summed E-state index contributed by atoms with van der Waals surface area (Å²) in [5, 5.41) is 75.8. The minimum atomic E-state index is -1.21. The number of carboxylic acids is 2. The van der Waals surface area contributed by atoms with Crippen molar-refractivity contribution in [1.82, 2.24) is 19.7 Å². The lowest BCUT2D eigenvalue weighted by Crippen LogP contribution is -2.77. The monoisotopic (exact) mass is 1290 g/mol. The first-order valence-corrected chi connectivity index (χ1v) is 30.3. The molecule has 22 nitrogen and oxygen atoms in total. The van der Waals surface area contributed by atoms with Gasteiger partial charge in [0.1, 0.15) is 17.7 Å². The fourth-order valence-electron chi connectivity index (χ4n) is 9.30. The molecule has 2 aliphatic rings. The van der Waals surface area contributed by atoms with Crippen LogP contribution in [0.2, 0.25) is 0 Å². The first-order chi connectivity index (χ1) is 43.2. The third-order valence-corrected chi connectivity index (χ3v) is 17.6. The summed E-state index contributed by atoms with van der Waals surface area (Å²) in [5.74, 6) is 1.72. The van der Waals surface area contributed by atoms with Crippen molar-refractivity contribution in [1.29, 1.82) is 0 Å². The third kappa shape index (κ3) is 18.0. The van der Waals surface area contributed by atoms with E-state index in [2.05, 4.69) is 36.2 Å². The number of carbonyl (C=O) groups excluding carboxylic acids is 2. The molecular formula is C67H81N8O14S2+. The zero-order valence-corrected chi connectivity index (χ0v) is 51.9. The number of anilines is 2. The molecule has 2 aromatic heterocycles. The maximum atomic E-state index is 12.6. The quantitative estimate of drug-likeness (QED) is 0.0282. The number of aliphatic hydroxyl groups is 6. The Morgan fingerprint density at radius 1 is 0.516 bits per heavy atom. The van der Waals surface area contributed by atoms with E-state index < -0.39 is 65.9 Å². The second-order valence-corrected chi connectivity index (χ2v) is 23.6. The van der Waals surface area contributed by atoms with Gasteiger partial charge in [-0.15, -0.1) is 5.53 Å². The Labute approximate surface area is 536 Å². The number of carboxylic acid groups (broad SMARTS) is 2. The Morgan fingerprint density at radius 2 is 0.813 bits per heavy atom. The van der Waals surface area contributed by atoms with Gasteiger partial charge in [0.05, 0.1) is 88.5 Å². The Balaban J connectivity index is 0.000000226. The van der Waals surface area contributed by atoms with Gasteiger partial charge in [-0.3, -0.25) is 26.1 Å². The van der Waals surface area contributed by atoms with E-state index >= 15 is 0 Å². The van der Waals surface area contributed by atoms with Gasteiger partial charge in [0, 0.05) is 0 Å². The van der Waals surface area contributed by atoms with E-state index in [-0.39, 0.29) is 39.5 Å². The second-order valence-electron chi connectivity index (χ2n) is 22.1. The van der Waals surface area contributed by atoms with E-state index in [1.807, 2.05) is 185 Å². The van der Waals surface area contributed by atoms with Gasteiger partial charge in [-0.1, -0.05) is 165 Å². The highest BCUT2D eigenvalue weighted by molar-refractivity contribution is 7.10. The summed E-state index contributed by atoms with van der Waals surface area (Å²) in [5.41, 5.74) is 18.5. The van der Waals surface area contributed by atoms with E-state index in [1.54, 1.807) is 0 Å². The predicted molar refractivity (Wildman–Crippen MR) is 351 cm³/mol. The number of aryl methyl sites for hydroxylation is 2. The first-order valence-electron chi connectivity index (χ1n) is 28.8. The summed E-state index contributed by atoms with van der Waals surface area (Å²) < 4.78 is 20.0. The average Bonchev–Trinajstić information content (AvgIpc) is 1.66. The largest absolute Gasteiger partial charge is 0.481 e. The molecule has 0 bridgehead atoms. The van der Waals surface area contributed by atoms with Gasteiger partial charge in [-0.25, -0.2) is 9.59 Å². The van der Waals surface area contributed by atoms with Crippen LogP contribution in [0.25, 0.3) is 43.1 Å². The number of aliphatic carboxylic acids is 2. The summed E-state index contributed by atoms with van der Waals surface area (Å²) >= 11 is 2.65. The van der Waals surface area contributed by atoms with Crippen LogP contribution in [-0.4, -0.2) is 124 Å². The summed E-state index contributed by atoms with van der Waals surface area (Å²) in [4.78, 5) is 50.1. The fourth-order valence-corrected chi connectivity index (χ4v) is 11.0. The molecule has 24 heteroatoms. The lowest BCUT2D eigenvalue weighted by molar-refractivity contribution is -0.462. The van der Waals surface area contributed by atoms with Crippen molar-refractivity contribution in [3.63, 3.8) is 0 Å². The van der Waals surface area contributed by atoms with Crippen LogP contribution in [0.15, 0.2) is 158 Å². The maximum Gasteiger partial charge on any atom is 0.412 e. The van der Waals surface area contributed by atoms with Crippen molar-refractivity contribution >= 4 is 58.6 Å². The number of aliphatic hydroxyl groups excluding tert-OH is 6. The molecule has 0 aliphatic heterocycles. The van der Waals surface area contributed by atoms with Gasteiger partial charge in [0.2, 0.25) is 0 Å². The highest BCUT2D eigenvalue weighted by Gasteiger charge is 2.52. The van der Waals surface area contributed by atoms with Crippen LogP contribution >= 0.6 is 23.1 Å². The summed E-state index contributed by atoms with van der Waals surface area (Å²) in [6.07, 6.45) is 0.971. The summed E-state index contributed by atoms with van der Waals surface area (Å²) in [7, 11) is 0. The highest BCUT2D eigenvalue weighted by Crippen LogP contribution is 2.50. The molecule has 2 aliphatic carbocycles. The molecule has 484 valence electrons. The first kappa shape index (κ1) is 71.7. The molecule has 8 aromatic rings. The van der Waals surface area contributed by atoms with Gasteiger partial charge >= 0.3 is 24.1 Å². The Bertz CT molecular complexity index is 3380. The number of hydrogen-bond donors (Lipinski definition) is 14. The average molecular weight is 1290 g/mol. The topological polar surface area (TPSA) is 376 Å². The molecule has 0 saturated heterocycles. The normalized spacial score (nSPS) is 13.9. The number of nitrogens with two attached hydrogens (primary N) is 1. The minimum absolute atomic E-state index is 0. The van der Waals surface area contributed by atoms with Crippen LogP contribution in [0.4, 0.5) is 21.0 Å². The number of ether oxygens (including phenoxy) is 2. The SMILES string of the molecule is C.Cc1nsc(-c2ccc(-c3ccc(C4(C(=O)O)CC4)cc3)cc2)c1NC(=O)O[C@H](C)c1ccccc1.Cc1nsc(-c2ccc(-c3ccc(C4(C(=O)O)CC4)cc3)cc2)c1NC(=O)O[C@H](C)c1ccccc1.NC(CO)(CO)CO.[NH3+]NNC(CO)(CO)CO. The van der Waals surface area contributed by atoms with Gasteiger partial charge in [0.15, 0.2) is 0 Å². The van der Waals surface area contributed by atoms with Crippen molar-refractivity contribution < 1.29 is 75.3 Å². The number of benzene rings is 6. The molecule has 2 amide bonds. The van der Waals surface area contributed by atoms with Crippen LogP contribution < -0.4 is 33.2 Å². The van der Waals surface area contributed by atoms with Crippen LogP contribution in [0.1, 0.15) is 92.8 Å². The molecule has 2 saturated carbocycles. The predicted octanol–water partition coefficient (Wildman–Crippen LogP) is 8.67. The zero-order chi connectivity index (χ0) is 65.2. The number of nitrogens with zero attached hydrogens (tertiary/aromatic N) is 2. The van der Waals surface area contributed by atoms with Gasteiger partial charge in [-0.05, 0) is 132 Å². The number of amides is 2. The molecule has 2 heterocycles. The van der Waals surface area contributed by atoms with Crippen molar-refractivity contribution in [3.8, 4) is 43.1 Å². The molecule has 2 fully saturated rings. The van der Waals surface area contributed by atoms with Crippen LogP contribution in [0.3, 0.4) is 0 Å². The number of rotatable bonds is 22. The van der Waals surface area contributed by atoms with E-state index in [9.17, 15) is 29.4 Å². The van der Waals surface area contributed by atoms with Crippen LogP contribution in [0.5, 0.6) is 0 Å². The van der Waals surface area contributed by atoms with Crippen LogP contribution in [-0.2, 0) is 29.9 Å². The second kappa shape index (κ2) is 32.6. The third-order valence-electron chi connectivity index (χ3n) is 15.6. The highest BCUT2D eigenvalue weighted by atomic mass is 32.1. The van der Waals surface area contributed by atoms with Gasteiger partial charge < -0.3 is 56.1 Å². The molecular weight excluding hydrogens is 1200 g/mol. The van der Waals surface area contributed by atoms with Crippen molar-refractivity contribution in [2.45, 2.75) is 94.9 Å². The molecule has 91 heavy (non-hydrogen) atoms. The maximum absolute atomic E-state index is 12.6. The number of nitrogens with one attached hydrogen (secondary N) is 4. The van der Waals surface area contributed by atoms with Crippen LogP contribution in [0, 0.1) is 13.8 Å².